The predicted molar refractivity (Wildman–Crippen MR) is 65.3 cm³/mol. The predicted octanol–water partition coefficient (Wildman–Crippen LogP) is 4.61. The summed E-state index contributed by atoms with van der Waals surface area (Å²) in [5, 5.41) is 1.25. The largest absolute Gasteiger partial charge is 0.497 e. The Kier molecular flexibility index (Phi) is 2.45. The van der Waals surface area contributed by atoms with Gasteiger partial charge >= 0.3 is 6.18 Å². The molecule has 0 atom stereocenters. The zero-order valence-electron chi connectivity index (χ0n) is 9.91. The molecule has 2 aromatic carbocycles. The second-order valence-corrected chi connectivity index (χ2v) is 4.17. The van der Waals surface area contributed by atoms with Gasteiger partial charge in [-0.3, -0.25) is 0 Å². The fourth-order valence-electron chi connectivity index (χ4n) is 2.17. The van der Waals surface area contributed by atoms with Crippen molar-refractivity contribution in [3.63, 3.8) is 0 Å². The summed E-state index contributed by atoms with van der Waals surface area (Å²) in [6.07, 6.45) is -3.69. The number of furan rings is 1. The molecule has 0 saturated carbocycles. The average molecular weight is 266 g/mol. The number of benzene rings is 2. The van der Waals surface area contributed by atoms with Crippen molar-refractivity contribution in [3.05, 3.63) is 42.2 Å². The SMILES string of the molecule is COc1ccc2ccc3occ(C(F)(F)F)c3c2c1. The van der Waals surface area contributed by atoms with Gasteiger partial charge in [0.05, 0.1) is 7.11 Å². The van der Waals surface area contributed by atoms with Crippen molar-refractivity contribution in [3.8, 4) is 5.75 Å². The van der Waals surface area contributed by atoms with Crippen molar-refractivity contribution in [1.82, 2.24) is 0 Å². The van der Waals surface area contributed by atoms with Crippen molar-refractivity contribution < 1.29 is 22.3 Å². The third kappa shape index (κ3) is 1.82. The third-order valence-corrected chi connectivity index (χ3v) is 3.07. The fourth-order valence-corrected chi connectivity index (χ4v) is 2.17. The first kappa shape index (κ1) is 11.9. The van der Waals surface area contributed by atoms with Crippen LogP contribution in [-0.2, 0) is 6.18 Å². The standard InChI is InChI=1S/C14H9F3O2/c1-18-9-4-2-8-3-5-12-13(10(8)6-9)11(7-19-12)14(15,16)17/h2-7H,1H3. The average Bonchev–Trinajstić information content (AvgIpc) is 2.82. The number of methoxy groups -OCH3 is 1. The Balaban J connectivity index is 2.45. The van der Waals surface area contributed by atoms with E-state index in [1.54, 1.807) is 30.3 Å². The van der Waals surface area contributed by atoms with E-state index in [2.05, 4.69) is 0 Å². The minimum atomic E-state index is -4.44. The molecule has 0 radical (unpaired) electrons. The molecule has 0 fully saturated rings. The number of hydrogen-bond acceptors (Lipinski definition) is 2. The summed E-state index contributed by atoms with van der Waals surface area (Å²) in [5.74, 6) is 0.509. The zero-order valence-corrected chi connectivity index (χ0v) is 9.91. The Morgan fingerprint density at radius 3 is 2.53 bits per heavy atom. The molecule has 0 unspecified atom stereocenters. The second-order valence-electron chi connectivity index (χ2n) is 4.17. The molecule has 0 saturated heterocycles. The molecule has 0 N–H and O–H groups in total. The number of fused-ring (bicyclic) bond motifs is 3. The van der Waals surface area contributed by atoms with Gasteiger partial charge in [0, 0.05) is 5.39 Å². The molecule has 19 heavy (non-hydrogen) atoms. The summed E-state index contributed by atoms with van der Waals surface area (Å²) in [7, 11) is 1.47. The van der Waals surface area contributed by atoms with Gasteiger partial charge in [-0.05, 0) is 29.0 Å². The highest BCUT2D eigenvalue weighted by Crippen LogP contribution is 2.40. The van der Waals surface area contributed by atoms with Crippen molar-refractivity contribution in [2.24, 2.45) is 0 Å². The Hall–Kier alpha value is -2.17. The van der Waals surface area contributed by atoms with E-state index in [4.69, 9.17) is 9.15 Å². The van der Waals surface area contributed by atoms with Gasteiger partial charge in [0.2, 0.25) is 0 Å². The topological polar surface area (TPSA) is 22.4 Å². The van der Waals surface area contributed by atoms with Crippen LogP contribution < -0.4 is 4.74 Å². The fraction of sp³-hybridized carbons (Fsp3) is 0.143. The Morgan fingerprint density at radius 1 is 1.11 bits per heavy atom. The van der Waals surface area contributed by atoms with Crippen LogP contribution in [0, 0.1) is 0 Å². The summed E-state index contributed by atoms with van der Waals surface area (Å²) in [6, 6.07) is 8.28. The maximum Gasteiger partial charge on any atom is 0.420 e. The normalized spacial score (nSPS) is 12.2. The molecule has 3 aromatic rings. The first-order valence-electron chi connectivity index (χ1n) is 5.56. The van der Waals surface area contributed by atoms with Crippen LogP contribution in [0.4, 0.5) is 13.2 Å². The maximum absolute atomic E-state index is 13.0. The summed E-state index contributed by atoms with van der Waals surface area (Å²) in [6.45, 7) is 0. The number of alkyl halides is 3. The molecular formula is C14H9F3O2. The number of hydrogen-bond donors (Lipinski definition) is 0. The van der Waals surface area contributed by atoms with Crippen molar-refractivity contribution in [1.29, 1.82) is 0 Å². The van der Waals surface area contributed by atoms with Crippen LogP contribution >= 0.6 is 0 Å². The first-order chi connectivity index (χ1) is 9.00. The van der Waals surface area contributed by atoms with Crippen LogP contribution in [0.5, 0.6) is 5.75 Å². The van der Waals surface area contributed by atoms with Gasteiger partial charge in [-0.2, -0.15) is 13.2 Å². The monoisotopic (exact) mass is 266 g/mol. The molecule has 2 nitrogen and oxygen atoms in total. The van der Waals surface area contributed by atoms with Gasteiger partial charge in [-0.25, -0.2) is 0 Å². The molecule has 0 aliphatic carbocycles. The highest BCUT2D eigenvalue weighted by molar-refractivity contribution is 6.08. The molecule has 0 bridgehead atoms. The molecule has 3 rings (SSSR count). The molecule has 0 aliphatic rings. The van der Waals surface area contributed by atoms with E-state index in [9.17, 15) is 13.2 Å². The minimum Gasteiger partial charge on any atom is -0.497 e. The third-order valence-electron chi connectivity index (χ3n) is 3.07. The van der Waals surface area contributed by atoms with Crippen LogP contribution in [0.15, 0.2) is 41.0 Å². The van der Waals surface area contributed by atoms with E-state index >= 15 is 0 Å². The van der Waals surface area contributed by atoms with Gasteiger partial charge in [0.1, 0.15) is 23.2 Å². The van der Waals surface area contributed by atoms with Crippen molar-refractivity contribution >= 4 is 21.7 Å². The number of ether oxygens (including phenoxy) is 1. The van der Waals surface area contributed by atoms with Gasteiger partial charge in [0.15, 0.2) is 0 Å². The summed E-state index contributed by atoms with van der Waals surface area (Å²) in [4.78, 5) is 0. The van der Waals surface area contributed by atoms with Crippen LogP contribution in [-0.4, -0.2) is 7.11 Å². The summed E-state index contributed by atoms with van der Waals surface area (Å²) < 4.78 is 49.0. The molecule has 1 aromatic heterocycles. The lowest BCUT2D eigenvalue weighted by Crippen LogP contribution is -2.03. The van der Waals surface area contributed by atoms with Gasteiger partial charge in [-0.15, -0.1) is 0 Å². The lowest BCUT2D eigenvalue weighted by molar-refractivity contribution is -0.136. The lowest BCUT2D eigenvalue weighted by Gasteiger charge is -2.07. The zero-order chi connectivity index (χ0) is 13.6. The van der Waals surface area contributed by atoms with Crippen molar-refractivity contribution in [2.45, 2.75) is 6.18 Å². The molecular weight excluding hydrogens is 257 g/mol. The van der Waals surface area contributed by atoms with Crippen LogP contribution in [0.2, 0.25) is 0 Å². The van der Waals surface area contributed by atoms with E-state index in [1.165, 1.54) is 7.11 Å². The quantitative estimate of drug-likeness (QED) is 0.641. The number of rotatable bonds is 1. The van der Waals surface area contributed by atoms with Crippen LogP contribution in [0.3, 0.4) is 0 Å². The Labute approximate surface area is 106 Å². The van der Waals surface area contributed by atoms with Crippen LogP contribution in [0.25, 0.3) is 21.7 Å². The van der Waals surface area contributed by atoms with Gasteiger partial charge in [-0.1, -0.05) is 12.1 Å². The first-order valence-corrected chi connectivity index (χ1v) is 5.56. The molecule has 98 valence electrons. The minimum absolute atomic E-state index is 0.0731. The molecule has 0 aliphatic heterocycles. The molecule has 0 amide bonds. The van der Waals surface area contributed by atoms with E-state index in [-0.39, 0.29) is 11.0 Å². The van der Waals surface area contributed by atoms with Crippen molar-refractivity contribution in [2.75, 3.05) is 7.11 Å². The lowest BCUT2D eigenvalue weighted by atomic mass is 10.0. The highest BCUT2D eigenvalue weighted by Gasteiger charge is 2.35. The van der Waals surface area contributed by atoms with Gasteiger partial charge < -0.3 is 9.15 Å². The van der Waals surface area contributed by atoms with E-state index in [1.807, 2.05) is 0 Å². The van der Waals surface area contributed by atoms with Crippen LogP contribution in [0.1, 0.15) is 5.56 Å². The Bertz CT molecular complexity index is 756. The summed E-state index contributed by atoms with van der Waals surface area (Å²) in [5.41, 5.74) is -0.547. The Morgan fingerprint density at radius 2 is 1.84 bits per heavy atom. The highest BCUT2D eigenvalue weighted by atomic mass is 19.4. The maximum atomic E-state index is 13.0. The van der Waals surface area contributed by atoms with Gasteiger partial charge in [0.25, 0.3) is 0 Å². The van der Waals surface area contributed by atoms with E-state index < -0.39 is 11.7 Å². The smallest absolute Gasteiger partial charge is 0.420 e. The molecule has 1 heterocycles. The van der Waals surface area contributed by atoms with E-state index in [0.717, 1.165) is 6.26 Å². The summed E-state index contributed by atoms with van der Waals surface area (Å²) >= 11 is 0. The second kappa shape index (κ2) is 3.91. The molecule has 5 heteroatoms. The molecule has 0 spiro atoms. The van der Waals surface area contributed by atoms with E-state index in [0.29, 0.717) is 16.5 Å². The number of halogens is 3.